The number of carboxylic acid groups (broad SMARTS) is 1. The summed E-state index contributed by atoms with van der Waals surface area (Å²) in [6.45, 7) is 1.77. The van der Waals surface area contributed by atoms with Gasteiger partial charge in [0.1, 0.15) is 6.54 Å². The number of aliphatic carboxylic acids is 1. The average Bonchev–Trinajstić information content (AvgIpc) is 3.30. The van der Waals surface area contributed by atoms with E-state index in [0.29, 0.717) is 22.0 Å². The molecule has 1 aliphatic heterocycles. The quantitative estimate of drug-likeness (QED) is 0.791. The summed E-state index contributed by atoms with van der Waals surface area (Å²) in [7, 11) is 0. The molecule has 3 aromatic rings. The van der Waals surface area contributed by atoms with E-state index in [4.69, 9.17) is 4.42 Å². The molecule has 1 aromatic carbocycles. The normalized spacial score (nSPS) is 14.3. The average molecular weight is 338 g/mol. The van der Waals surface area contributed by atoms with Crippen LogP contribution in [-0.4, -0.2) is 28.7 Å². The largest absolute Gasteiger partial charge is 0.480 e. The first-order chi connectivity index (χ1) is 12.1. The van der Waals surface area contributed by atoms with E-state index in [1.807, 2.05) is 12.1 Å². The predicted molar refractivity (Wildman–Crippen MR) is 95.0 cm³/mol. The van der Waals surface area contributed by atoms with Gasteiger partial charge >= 0.3 is 5.97 Å². The molecule has 0 bridgehead atoms. The lowest BCUT2D eigenvalue weighted by molar-refractivity contribution is -0.137. The Balaban J connectivity index is 1.94. The van der Waals surface area contributed by atoms with Crippen LogP contribution in [0.4, 0.5) is 5.69 Å². The first-order valence-electron chi connectivity index (χ1n) is 8.30. The van der Waals surface area contributed by atoms with Crippen molar-refractivity contribution in [3.05, 3.63) is 53.2 Å². The Kier molecular flexibility index (Phi) is 3.80. The highest BCUT2D eigenvalue weighted by molar-refractivity contribution is 5.87. The van der Waals surface area contributed by atoms with Crippen molar-refractivity contribution in [3.8, 4) is 11.1 Å². The number of benzene rings is 1. The van der Waals surface area contributed by atoms with Gasteiger partial charge in [-0.25, -0.2) is 0 Å². The van der Waals surface area contributed by atoms with Gasteiger partial charge in [0, 0.05) is 41.5 Å². The first-order valence-corrected chi connectivity index (χ1v) is 8.30. The number of hydrogen-bond acceptors (Lipinski definition) is 4. The SMILES string of the molecule is O=C(O)Cn1cc(-c2ccoc2)c(=O)c2ccc(N3CCCC3)cc21. The van der Waals surface area contributed by atoms with Gasteiger partial charge in [0.2, 0.25) is 0 Å². The van der Waals surface area contributed by atoms with Crippen molar-refractivity contribution in [2.24, 2.45) is 0 Å². The van der Waals surface area contributed by atoms with E-state index in [9.17, 15) is 14.7 Å². The van der Waals surface area contributed by atoms with Crippen LogP contribution in [0.25, 0.3) is 22.0 Å². The maximum atomic E-state index is 12.9. The molecule has 0 radical (unpaired) electrons. The van der Waals surface area contributed by atoms with E-state index in [2.05, 4.69) is 4.90 Å². The summed E-state index contributed by atoms with van der Waals surface area (Å²) in [6.07, 6.45) is 6.90. The molecular formula is C19H18N2O4. The van der Waals surface area contributed by atoms with E-state index in [-0.39, 0.29) is 12.0 Å². The van der Waals surface area contributed by atoms with Crippen molar-refractivity contribution in [2.45, 2.75) is 19.4 Å². The van der Waals surface area contributed by atoms with Gasteiger partial charge in [-0.3, -0.25) is 9.59 Å². The van der Waals surface area contributed by atoms with Crippen LogP contribution in [0.5, 0.6) is 0 Å². The lowest BCUT2D eigenvalue weighted by Gasteiger charge is -2.19. The second-order valence-electron chi connectivity index (χ2n) is 6.30. The van der Waals surface area contributed by atoms with Crippen LogP contribution in [0.2, 0.25) is 0 Å². The zero-order valence-electron chi connectivity index (χ0n) is 13.6. The highest BCUT2D eigenvalue weighted by Gasteiger charge is 2.17. The molecule has 25 heavy (non-hydrogen) atoms. The Morgan fingerprint density at radius 2 is 2.00 bits per heavy atom. The van der Waals surface area contributed by atoms with E-state index in [0.717, 1.165) is 31.6 Å². The third kappa shape index (κ3) is 2.80. The van der Waals surface area contributed by atoms with Gasteiger partial charge in [0.25, 0.3) is 0 Å². The standard InChI is InChI=1S/C19H18N2O4/c22-18(23)11-21-10-16(13-5-8-25-12-13)19(24)15-4-3-14(9-17(15)21)20-6-1-2-7-20/h3-5,8-10,12H,1-2,6-7,11H2,(H,22,23). The van der Waals surface area contributed by atoms with Crippen LogP contribution in [0.3, 0.4) is 0 Å². The van der Waals surface area contributed by atoms with Gasteiger partial charge in [-0.1, -0.05) is 0 Å². The zero-order chi connectivity index (χ0) is 17.4. The minimum atomic E-state index is -0.949. The zero-order valence-corrected chi connectivity index (χ0v) is 13.6. The highest BCUT2D eigenvalue weighted by atomic mass is 16.4. The fourth-order valence-electron chi connectivity index (χ4n) is 3.45. The van der Waals surface area contributed by atoms with Crippen LogP contribution in [0.1, 0.15) is 12.8 Å². The Morgan fingerprint density at radius 3 is 2.68 bits per heavy atom. The molecule has 1 N–H and O–H groups in total. The van der Waals surface area contributed by atoms with E-state index < -0.39 is 5.97 Å². The molecule has 1 saturated heterocycles. The smallest absolute Gasteiger partial charge is 0.323 e. The Hall–Kier alpha value is -3.02. The van der Waals surface area contributed by atoms with Crippen LogP contribution in [0, 0.1) is 0 Å². The van der Waals surface area contributed by atoms with Crippen molar-refractivity contribution in [3.63, 3.8) is 0 Å². The van der Waals surface area contributed by atoms with Gasteiger partial charge in [0.05, 0.1) is 18.0 Å². The molecule has 128 valence electrons. The van der Waals surface area contributed by atoms with Crippen molar-refractivity contribution < 1.29 is 14.3 Å². The maximum Gasteiger partial charge on any atom is 0.323 e. The van der Waals surface area contributed by atoms with Gasteiger partial charge in [0.15, 0.2) is 5.43 Å². The van der Waals surface area contributed by atoms with E-state index in [1.165, 1.54) is 12.5 Å². The van der Waals surface area contributed by atoms with Crippen molar-refractivity contribution in [1.29, 1.82) is 0 Å². The first kappa shape index (κ1) is 15.5. The topological polar surface area (TPSA) is 75.7 Å². The molecule has 2 aromatic heterocycles. The molecule has 1 aliphatic rings. The summed E-state index contributed by atoms with van der Waals surface area (Å²) in [5, 5.41) is 9.79. The number of fused-ring (bicyclic) bond motifs is 1. The van der Waals surface area contributed by atoms with Gasteiger partial charge in [-0.2, -0.15) is 0 Å². The molecule has 0 amide bonds. The predicted octanol–water partition coefficient (Wildman–Crippen LogP) is 2.95. The number of hydrogen-bond donors (Lipinski definition) is 1. The maximum absolute atomic E-state index is 12.9. The van der Waals surface area contributed by atoms with Crippen LogP contribution in [-0.2, 0) is 11.3 Å². The molecule has 6 nitrogen and oxygen atoms in total. The molecule has 6 heteroatoms. The van der Waals surface area contributed by atoms with Crippen molar-refractivity contribution in [2.75, 3.05) is 18.0 Å². The Bertz CT molecular complexity index is 983. The van der Waals surface area contributed by atoms with Crippen molar-refractivity contribution >= 4 is 22.6 Å². The number of anilines is 1. The Labute approximate surface area is 143 Å². The molecular weight excluding hydrogens is 320 g/mol. The van der Waals surface area contributed by atoms with Crippen LogP contribution < -0.4 is 10.3 Å². The van der Waals surface area contributed by atoms with Gasteiger partial charge in [-0.15, -0.1) is 0 Å². The fraction of sp³-hybridized carbons (Fsp3) is 0.263. The molecule has 3 heterocycles. The Morgan fingerprint density at radius 1 is 1.20 bits per heavy atom. The second kappa shape index (κ2) is 6.12. The summed E-state index contributed by atoms with van der Waals surface area (Å²) in [6, 6.07) is 7.36. The molecule has 0 spiro atoms. The summed E-state index contributed by atoms with van der Waals surface area (Å²) in [5.41, 5.74) is 2.64. The second-order valence-corrected chi connectivity index (χ2v) is 6.30. The van der Waals surface area contributed by atoms with E-state index >= 15 is 0 Å². The van der Waals surface area contributed by atoms with Gasteiger partial charge < -0.3 is 19.0 Å². The third-order valence-corrected chi connectivity index (χ3v) is 4.67. The minimum Gasteiger partial charge on any atom is -0.480 e. The highest BCUT2D eigenvalue weighted by Crippen LogP contribution is 2.26. The molecule has 0 aliphatic carbocycles. The summed E-state index contributed by atoms with van der Waals surface area (Å²) in [4.78, 5) is 26.5. The lowest BCUT2D eigenvalue weighted by Crippen LogP contribution is -2.19. The lowest BCUT2D eigenvalue weighted by atomic mass is 10.1. The molecule has 0 unspecified atom stereocenters. The molecule has 4 rings (SSSR count). The number of carboxylic acids is 1. The summed E-state index contributed by atoms with van der Waals surface area (Å²) < 4.78 is 6.70. The number of nitrogens with zero attached hydrogens (tertiary/aromatic N) is 2. The number of furan rings is 1. The summed E-state index contributed by atoms with van der Waals surface area (Å²) >= 11 is 0. The van der Waals surface area contributed by atoms with E-state index in [1.54, 1.807) is 22.9 Å². The number of carbonyl (C=O) groups is 1. The summed E-state index contributed by atoms with van der Waals surface area (Å²) in [5.74, 6) is -0.949. The van der Waals surface area contributed by atoms with Gasteiger partial charge in [-0.05, 0) is 37.1 Å². The molecule has 0 atom stereocenters. The number of aromatic nitrogens is 1. The molecule has 1 fully saturated rings. The van der Waals surface area contributed by atoms with Crippen LogP contribution in [0.15, 0.2) is 52.2 Å². The van der Waals surface area contributed by atoms with Crippen LogP contribution >= 0.6 is 0 Å². The number of rotatable bonds is 4. The third-order valence-electron chi connectivity index (χ3n) is 4.67. The minimum absolute atomic E-state index is 0.119. The monoisotopic (exact) mass is 338 g/mol. The van der Waals surface area contributed by atoms with Crippen molar-refractivity contribution in [1.82, 2.24) is 4.57 Å². The number of pyridine rings is 1. The fourth-order valence-corrected chi connectivity index (χ4v) is 3.45. The molecule has 0 saturated carbocycles.